The number of methoxy groups -OCH3 is 2. The molecule has 2 amide bonds. The van der Waals surface area contributed by atoms with Crippen LogP contribution in [0, 0.1) is 0 Å². The van der Waals surface area contributed by atoms with Crippen LogP contribution in [0.5, 0.6) is 11.5 Å². The Morgan fingerprint density at radius 3 is 2.39 bits per heavy atom. The number of benzene rings is 1. The van der Waals surface area contributed by atoms with Crippen LogP contribution in [0.25, 0.3) is 0 Å². The maximum absolute atomic E-state index is 12.5. The van der Waals surface area contributed by atoms with Gasteiger partial charge in [-0.2, -0.15) is 0 Å². The number of piperidine rings is 1. The molecule has 126 valence electrons. The van der Waals surface area contributed by atoms with Crippen LogP contribution < -0.4 is 14.4 Å². The van der Waals surface area contributed by atoms with Crippen molar-refractivity contribution in [3.05, 3.63) is 18.2 Å². The fourth-order valence-electron chi connectivity index (χ4n) is 2.75. The fraction of sp³-hybridized carbons (Fsp3) is 0.529. The van der Waals surface area contributed by atoms with Gasteiger partial charge in [0.05, 0.1) is 19.9 Å². The van der Waals surface area contributed by atoms with Crippen molar-refractivity contribution in [1.29, 1.82) is 0 Å². The van der Waals surface area contributed by atoms with Gasteiger partial charge in [-0.3, -0.25) is 14.5 Å². The zero-order valence-corrected chi connectivity index (χ0v) is 14.0. The van der Waals surface area contributed by atoms with Crippen molar-refractivity contribution in [2.75, 3.05) is 38.8 Å². The van der Waals surface area contributed by atoms with Gasteiger partial charge >= 0.3 is 0 Å². The number of hydrogen-bond donors (Lipinski definition) is 0. The summed E-state index contributed by atoms with van der Waals surface area (Å²) in [7, 11) is 3.10. The van der Waals surface area contributed by atoms with E-state index in [0.29, 0.717) is 17.2 Å². The second kappa shape index (κ2) is 7.85. The Bertz CT molecular complexity index is 568. The molecule has 0 aliphatic carbocycles. The molecule has 6 nitrogen and oxygen atoms in total. The summed E-state index contributed by atoms with van der Waals surface area (Å²) in [4.78, 5) is 27.8. The van der Waals surface area contributed by atoms with Crippen LogP contribution in [-0.2, 0) is 9.59 Å². The van der Waals surface area contributed by atoms with Gasteiger partial charge in [0.15, 0.2) is 0 Å². The smallest absolute Gasteiger partial charge is 0.242 e. The van der Waals surface area contributed by atoms with E-state index in [2.05, 4.69) is 0 Å². The minimum absolute atomic E-state index is 0.0258. The normalized spacial score (nSPS) is 14.3. The number of ether oxygens (including phenoxy) is 2. The van der Waals surface area contributed by atoms with E-state index in [1.165, 1.54) is 18.9 Å². The van der Waals surface area contributed by atoms with Crippen LogP contribution in [0.3, 0.4) is 0 Å². The number of carbonyl (C=O) groups excluding carboxylic acids is 2. The summed E-state index contributed by atoms with van der Waals surface area (Å²) in [5.41, 5.74) is 0.575. The van der Waals surface area contributed by atoms with E-state index >= 15 is 0 Å². The molecule has 0 saturated carbocycles. The molecule has 23 heavy (non-hydrogen) atoms. The van der Waals surface area contributed by atoms with E-state index in [1.807, 2.05) is 4.90 Å². The lowest BCUT2D eigenvalue weighted by Crippen LogP contribution is -2.44. The van der Waals surface area contributed by atoms with E-state index in [1.54, 1.807) is 25.3 Å². The van der Waals surface area contributed by atoms with Gasteiger partial charge in [-0.15, -0.1) is 0 Å². The molecule has 2 rings (SSSR count). The highest BCUT2D eigenvalue weighted by Crippen LogP contribution is 2.32. The summed E-state index contributed by atoms with van der Waals surface area (Å²) in [6, 6.07) is 5.19. The van der Waals surface area contributed by atoms with E-state index in [-0.39, 0.29) is 18.4 Å². The molecule has 0 bridgehead atoms. The Kier molecular flexibility index (Phi) is 5.84. The van der Waals surface area contributed by atoms with Crippen molar-refractivity contribution in [1.82, 2.24) is 4.90 Å². The van der Waals surface area contributed by atoms with Gasteiger partial charge in [0.25, 0.3) is 0 Å². The van der Waals surface area contributed by atoms with Gasteiger partial charge in [0, 0.05) is 26.1 Å². The zero-order valence-electron chi connectivity index (χ0n) is 14.0. The Morgan fingerprint density at radius 2 is 1.83 bits per heavy atom. The third kappa shape index (κ3) is 4.15. The molecule has 0 unspecified atom stereocenters. The average molecular weight is 320 g/mol. The minimum Gasteiger partial charge on any atom is -0.497 e. The first-order valence-corrected chi connectivity index (χ1v) is 7.84. The molecule has 0 aromatic heterocycles. The molecule has 1 saturated heterocycles. The van der Waals surface area contributed by atoms with E-state index in [4.69, 9.17) is 9.47 Å². The number of anilines is 1. The second-order valence-electron chi connectivity index (χ2n) is 5.58. The molecule has 1 aromatic rings. The highest BCUT2D eigenvalue weighted by molar-refractivity contribution is 5.98. The molecule has 0 spiro atoms. The van der Waals surface area contributed by atoms with Gasteiger partial charge in [0.1, 0.15) is 18.0 Å². The lowest BCUT2D eigenvalue weighted by molar-refractivity contribution is -0.132. The molecule has 1 heterocycles. The maximum Gasteiger partial charge on any atom is 0.242 e. The average Bonchev–Trinajstić information content (AvgIpc) is 2.59. The van der Waals surface area contributed by atoms with Crippen molar-refractivity contribution < 1.29 is 19.1 Å². The van der Waals surface area contributed by atoms with Crippen molar-refractivity contribution in [3.63, 3.8) is 0 Å². The highest BCUT2D eigenvalue weighted by atomic mass is 16.5. The number of carbonyl (C=O) groups is 2. The summed E-state index contributed by atoms with van der Waals surface area (Å²) in [5.74, 6) is 0.916. The molecule has 6 heteroatoms. The molecule has 1 fully saturated rings. The van der Waals surface area contributed by atoms with Crippen LogP contribution in [-0.4, -0.2) is 50.6 Å². The lowest BCUT2D eigenvalue weighted by atomic mass is 10.1. The van der Waals surface area contributed by atoms with Gasteiger partial charge in [-0.1, -0.05) is 0 Å². The highest BCUT2D eigenvalue weighted by Gasteiger charge is 2.24. The molecular weight excluding hydrogens is 296 g/mol. The van der Waals surface area contributed by atoms with Gasteiger partial charge < -0.3 is 14.4 Å². The summed E-state index contributed by atoms with van der Waals surface area (Å²) in [6.45, 7) is 3.01. The fourth-order valence-corrected chi connectivity index (χ4v) is 2.75. The molecule has 1 aliphatic heterocycles. The molecular formula is C17H24N2O4. The van der Waals surface area contributed by atoms with Gasteiger partial charge in [-0.05, 0) is 31.4 Å². The van der Waals surface area contributed by atoms with Crippen molar-refractivity contribution in [2.45, 2.75) is 26.2 Å². The third-order valence-electron chi connectivity index (χ3n) is 4.06. The number of nitrogens with zero attached hydrogens (tertiary/aromatic N) is 2. The number of rotatable bonds is 5. The SMILES string of the molecule is COc1ccc(N(CC(=O)N2CCCCC2)C(C)=O)c(OC)c1. The van der Waals surface area contributed by atoms with Crippen LogP contribution in [0.1, 0.15) is 26.2 Å². The van der Waals surface area contributed by atoms with Crippen LogP contribution in [0.15, 0.2) is 18.2 Å². The Morgan fingerprint density at radius 1 is 1.13 bits per heavy atom. The van der Waals surface area contributed by atoms with E-state index < -0.39 is 0 Å². The predicted octanol–water partition coefficient (Wildman–Crippen LogP) is 2.07. The van der Waals surface area contributed by atoms with Crippen LogP contribution in [0.4, 0.5) is 5.69 Å². The number of amides is 2. The zero-order chi connectivity index (χ0) is 16.8. The first-order chi connectivity index (χ1) is 11.1. The van der Waals surface area contributed by atoms with Crippen molar-refractivity contribution in [3.8, 4) is 11.5 Å². The molecule has 0 radical (unpaired) electrons. The predicted molar refractivity (Wildman–Crippen MR) is 88.0 cm³/mol. The number of likely N-dealkylation sites (tertiary alicyclic amines) is 1. The second-order valence-corrected chi connectivity index (χ2v) is 5.58. The van der Waals surface area contributed by atoms with Crippen molar-refractivity contribution >= 4 is 17.5 Å². The maximum atomic E-state index is 12.5. The topological polar surface area (TPSA) is 59.1 Å². The third-order valence-corrected chi connectivity index (χ3v) is 4.06. The first kappa shape index (κ1) is 17.1. The molecule has 1 aliphatic rings. The Balaban J connectivity index is 2.21. The van der Waals surface area contributed by atoms with Crippen LogP contribution >= 0.6 is 0 Å². The summed E-state index contributed by atoms with van der Waals surface area (Å²) in [5, 5.41) is 0. The Labute approximate surface area is 137 Å². The minimum atomic E-state index is -0.196. The molecule has 0 N–H and O–H groups in total. The molecule has 1 aromatic carbocycles. The summed E-state index contributed by atoms with van der Waals surface area (Å²) >= 11 is 0. The first-order valence-electron chi connectivity index (χ1n) is 7.84. The van der Waals surface area contributed by atoms with E-state index in [9.17, 15) is 9.59 Å². The number of hydrogen-bond acceptors (Lipinski definition) is 4. The summed E-state index contributed by atoms with van der Waals surface area (Å²) < 4.78 is 10.5. The van der Waals surface area contributed by atoms with Gasteiger partial charge in [-0.25, -0.2) is 0 Å². The largest absolute Gasteiger partial charge is 0.497 e. The van der Waals surface area contributed by atoms with E-state index in [0.717, 1.165) is 32.4 Å². The Hall–Kier alpha value is -2.24. The van der Waals surface area contributed by atoms with Gasteiger partial charge in [0.2, 0.25) is 11.8 Å². The van der Waals surface area contributed by atoms with Crippen molar-refractivity contribution in [2.24, 2.45) is 0 Å². The molecule has 0 atom stereocenters. The monoisotopic (exact) mass is 320 g/mol. The standard InChI is InChI=1S/C17H24N2O4/c1-13(20)19(12-17(21)18-9-5-4-6-10-18)15-8-7-14(22-2)11-16(15)23-3/h7-8,11H,4-6,9-10,12H2,1-3H3. The quantitative estimate of drug-likeness (QED) is 0.833. The lowest BCUT2D eigenvalue weighted by Gasteiger charge is -2.30. The summed E-state index contributed by atoms with van der Waals surface area (Å²) in [6.07, 6.45) is 3.21. The van der Waals surface area contributed by atoms with Crippen LogP contribution in [0.2, 0.25) is 0 Å².